The third-order valence-electron chi connectivity index (χ3n) is 14.7. The first kappa shape index (κ1) is 89.7. The minimum absolute atomic E-state index is 0.0738. The van der Waals surface area contributed by atoms with Crippen LogP contribution in [0.5, 0.6) is 0 Å². The number of hydrogen-bond donors (Lipinski definition) is 3. The molecule has 17 nitrogen and oxygen atoms in total. The lowest BCUT2D eigenvalue weighted by molar-refractivity contribution is -0.161. The number of aliphatic hydroxyl groups excluding tert-OH is 1. The van der Waals surface area contributed by atoms with Crippen molar-refractivity contribution in [3.8, 4) is 0 Å². The Labute approximate surface area is 569 Å². The van der Waals surface area contributed by atoms with Crippen LogP contribution in [0, 0.1) is 0 Å². The molecule has 0 rings (SSSR count). The third kappa shape index (κ3) is 66.3. The molecule has 0 saturated heterocycles. The van der Waals surface area contributed by atoms with Crippen LogP contribution in [0.2, 0.25) is 0 Å². The first-order valence-corrected chi connectivity index (χ1v) is 39.1. The van der Waals surface area contributed by atoms with Crippen molar-refractivity contribution in [2.24, 2.45) is 0 Å². The van der Waals surface area contributed by atoms with E-state index in [4.69, 9.17) is 37.0 Å². The average Bonchev–Trinajstić information content (AvgIpc) is 1.32. The van der Waals surface area contributed by atoms with Gasteiger partial charge in [0.05, 0.1) is 26.4 Å². The maximum atomic E-state index is 13.0. The van der Waals surface area contributed by atoms with E-state index >= 15 is 0 Å². The van der Waals surface area contributed by atoms with Crippen LogP contribution in [0.1, 0.15) is 285 Å². The van der Waals surface area contributed by atoms with Gasteiger partial charge >= 0.3 is 39.5 Å². The molecule has 0 aliphatic rings. The second-order valence-electron chi connectivity index (χ2n) is 23.8. The van der Waals surface area contributed by atoms with Crippen molar-refractivity contribution in [3.63, 3.8) is 0 Å². The van der Waals surface area contributed by atoms with Gasteiger partial charge in [-0.25, -0.2) is 9.13 Å². The van der Waals surface area contributed by atoms with Gasteiger partial charge in [0.25, 0.3) is 0 Å². The fraction of sp³-hybridized carbons (Fsp3) is 0.707. The molecule has 0 fully saturated rings. The van der Waals surface area contributed by atoms with Crippen LogP contribution in [-0.4, -0.2) is 96.7 Å². The van der Waals surface area contributed by atoms with Crippen molar-refractivity contribution < 1.29 is 80.2 Å². The lowest BCUT2D eigenvalue weighted by Gasteiger charge is -2.21. The summed E-state index contributed by atoms with van der Waals surface area (Å²) in [6.45, 7) is 4.51. The second kappa shape index (κ2) is 67.3. The normalized spacial score (nSPS) is 14.7. The number of rotatable bonds is 67. The van der Waals surface area contributed by atoms with Gasteiger partial charge in [-0.05, 0) is 116 Å². The molecule has 0 heterocycles. The Morgan fingerprint density at radius 2 is 0.585 bits per heavy atom. The Morgan fingerprint density at radius 3 is 0.936 bits per heavy atom. The van der Waals surface area contributed by atoms with Gasteiger partial charge in [-0.1, -0.05) is 253 Å². The first-order chi connectivity index (χ1) is 45.7. The van der Waals surface area contributed by atoms with Gasteiger partial charge in [-0.15, -0.1) is 0 Å². The maximum absolute atomic E-state index is 13.0. The Morgan fingerprint density at radius 1 is 0.309 bits per heavy atom. The van der Waals surface area contributed by atoms with Crippen molar-refractivity contribution >= 4 is 39.5 Å². The minimum atomic E-state index is -4.98. The summed E-state index contributed by atoms with van der Waals surface area (Å²) >= 11 is 0. The molecule has 0 aromatic heterocycles. The Hall–Kier alpha value is -4.28. The number of aliphatic hydroxyl groups is 1. The molecule has 540 valence electrons. The number of hydrogen-bond acceptors (Lipinski definition) is 15. The molecule has 0 aliphatic heterocycles. The van der Waals surface area contributed by atoms with Crippen LogP contribution in [-0.2, 0) is 65.4 Å². The zero-order valence-corrected chi connectivity index (χ0v) is 60.4. The molecule has 0 aliphatic carbocycles. The van der Waals surface area contributed by atoms with Gasteiger partial charge < -0.3 is 33.8 Å². The van der Waals surface area contributed by atoms with Gasteiger partial charge in [0.2, 0.25) is 0 Å². The van der Waals surface area contributed by atoms with Crippen LogP contribution in [0.3, 0.4) is 0 Å². The quantitative estimate of drug-likeness (QED) is 0.0169. The SMILES string of the molecule is CC/C=C\C/C=C\C/C=C\C/C=C\C/C=C\CCCC(=O)OCC(COP(=O)(O)OCC(O)COP(=O)(O)OCC(COC(=O)CCCCCCC/C=C\C/C=C\CCC)OC(=O)CCCCCCC/C=C\C/C=C\CCC)OC(=O)CCCCCCCCCCCCC. The monoisotopic (exact) mass is 1360 g/mol. The van der Waals surface area contributed by atoms with Gasteiger partial charge in [0.15, 0.2) is 12.2 Å². The standard InChI is InChI=1S/C75H128O17P2/c1-5-9-13-17-21-25-29-32-33-34-35-38-41-44-48-52-56-60-73(78)86-65-70(91-74(79)61-57-53-49-45-39-28-24-20-16-12-8-4)67-89-93(81,82)87-63-69(76)64-88-94(83,84)90-68-71(92-75(80)62-58-54-50-46-42-37-31-27-23-19-15-11-7-3)66-85-72(77)59-55-51-47-43-40-36-30-26-22-18-14-10-6-2/h9,13-15,18-19,21,25-27,30-33,35,38,44,48,69-71,76H,5-8,10-12,16-17,20,22-24,28-29,34,36-37,39-43,45-47,49-68H2,1-4H3,(H,81,82)(H,83,84)/b13-9-,18-14-,19-15-,25-21-,30-26-,31-27-,33-32-,38-35-,48-44-. The van der Waals surface area contributed by atoms with Crippen LogP contribution >= 0.6 is 15.6 Å². The number of ether oxygens (including phenoxy) is 4. The summed E-state index contributed by atoms with van der Waals surface area (Å²) in [6.07, 6.45) is 69.6. The topological polar surface area (TPSA) is 237 Å². The highest BCUT2D eigenvalue weighted by atomic mass is 31.2. The van der Waals surface area contributed by atoms with Gasteiger partial charge in [0, 0.05) is 25.7 Å². The zero-order chi connectivity index (χ0) is 69.0. The summed E-state index contributed by atoms with van der Waals surface area (Å²) in [6, 6.07) is 0. The average molecular weight is 1360 g/mol. The van der Waals surface area contributed by atoms with E-state index in [1.807, 2.05) is 12.2 Å². The molecular formula is C75H128O17P2. The fourth-order valence-corrected chi connectivity index (χ4v) is 10.8. The molecule has 0 bridgehead atoms. The molecule has 0 saturated carbocycles. The highest BCUT2D eigenvalue weighted by Crippen LogP contribution is 2.45. The summed E-state index contributed by atoms with van der Waals surface area (Å²) in [5.41, 5.74) is 0. The summed E-state index contributed by atoms with van der Waals surface area (Å²) in [4.78, 5) is 72.6. The Balaban J connectivity index is 5.37. The summed E-state index contributed by atoms with van der Waals surface area (Å²) < 4.78 is 68.2. The molecule has 0 aromatic carbocycles. The van der Waals surface area contributed by atoms with Crippen molar-refractivity contribution in [2.45, 2.75) is 303 Å². The predicted molar refractivity (Wildman–Crippen MR) is 381 cm³/mol. The molecule has 3 N–H and O–H groups in total. The molecule has 94 heavy (non-hydrogen) atoms. The number of carbonyl (C=O) groups is 4. The third-order valence-corrected chi connectivity index (χ3v) is 16.6. The number of allylic oxidation sites excluding steroid dienone is 18. The van der Waals surface area contributed by atoms with E-state index in [0.29, 0.717) is 32.1 Å². The highest BCUT2D eigenvalue weighted by molar-refractivity contribution is 7.47. The van der Waals surface area contributed by atoms with E-state index in [-0.39, 0.29) is 25.7 Å². The Bertz CT molecular complexity index is 2220. The van der Waals surface area contributed by atoms with Crippen LogP contribution in [0.25, 0.3) is 0 Å². The molecule has 0 aromatic rings. The highest BCUT2D eigenvalue weighted by Gasteiger charge is 2.30. The number of unbranched alkanes of at least 4 members (excludes halogenated alkanes) is 23. The first-order valence-electron chi connectivity index (χ1n) is 36.1. The van der Waals surface area contributed by atoms with Crippen LogP contribution < -0.4 is 0 Å². The van der Waals surface area contributed by atoms with E-state index in [1.165, 1.54) is 38.5 Å². The Kier molecular flexibility index (Phi) is 64.2. The van der Waals surface area contributed by atoms with E-state index in [0.717, 1.165) is 161 Å². The number of phosphoric ester groups is 2. The van der Waals surface area contributed by atoms with E-state index in [9.17, 15) is 43.2 Å². The number of carbonyl (C=O) groups excluding carboxylic acids is 4. The van der Waals surface area contributed by atoms with Crippen molar-refractivity contribution in [3.05, 3.63) is 109 Å². The van der Waals surface area contributed by atoms with Gasteiger partial charge in [-0.2, -0.15) is 0 Å². The molecule has 5 atom stereocenters. The summed E-state index contributed by atoms with van der Waals surface area (Å²) in [7, 11) is -9.96. The van der Waals surface area contributed by atoms with Crippen LogP contribution in [0.4, 0.5) is 0 Å². The van der Waals surface area contributed by atoms with E-state index in [2.05, 4.69) is 125 Å². The largest absolute Gasteiger partial charge is 0.472 e. The van der Waals surface area contributed by atoms with Gasteiger partial charge in [0.1, 0.15) is 19.3 Å². The van der Waals surface area contributed by atoms with Crippen molar-refractivity contribution in [1.29, 1.82) is 0 Å². The molecule has 0 radical (unpaired) electrons. The van der Waals surface area contributed by atoms with Crippen molar-refractivity contribution in [2.75, 3.05) is 39.6 Å². The maximum Gasteiger partial charge on any atom is 0.472 e. The summed E-state index contributed by atoms with van der Waals surface area (Å²) in [5.74, 6) is -2.27. The molecule has 0 amide bonds. The predicted octanol–water partition coefficient (Wildman–Crippen LogP) is 20.2. The molecular weight excluding hydrogens is 1230 g/mol. The lowest BCUT2D eigenvalue weighted by atomic mass is 10.1. The van der Waals surface area contributed by atoms with Crippen molar-refractivity contribution in [1.82, 2.24) is 0 Å². The number of esters is 4. The molecule has 5 unspecified atom stereocenters. The van der Waals surface area contributed by atoms with Crippen LogP contribution in [0.15, 0.2) is 109 Å². The van der Waals surface area contributed by atoms with Gasteiger partial charge in [-0.3, -0.25) is 37.3 Å². The molecule has 19 heteroatoms. The van der Waals surface area contributed by atoms with E-state index in [1.54, 1.807) is 0 Å². The summed E-state index contributed by atoms with van der Waals surface area (Å²) in [5, 5.41) is 10.6. The van der Waals surface area contributed by atoms with E-state index < -0.39 is 97.5 Å². The number of phosphoric acid groups is 2. The lowest BCUT2D eigenvalue weighted by Crippen LogP contribution is -2.30. The minimum Gasteiger partial charge on any atom is -0.462 e. The second-order valence-corrected chi connectivity index (χ2v) is 26.7. The fourth-order valence-electron chi connectivity index (χ4n) is 9.21. The zero-order valence-electron chi connectivity index (χ0n) is 58.6. The smallest absolute Gasteiger partial charge is 0.462 e. The molecule has 0 spiro atoms.